The van der Waals surface area contributed by atoms with Crippen LogP contribution in [0.15, 0.2) is 11.4 Å². The van der Waals surface area contributed by atoms with Gasteiger partial charge in [-0.05, 0) is 19.0 Å². The van der Waals surface area contributed by atoms with Crippen molar-refractivity contribution >= 4 is 11.3 Å². The van der Waals surface area contributed by atoms with Crippen molar-refractivity contribution in [1.82, 2.24) is 0 Å². The molecule has 2 N–H and O–H groups in total. The molecular weight excluding hydrogens is 187 g/mol. The lowest BCUT2D eigenvalue weighted by Gasteiger charge is -2.00. The lowest BCUT2D eigenvalue weighted by Crippen LogP contribution is -2.03. The van der Waals surface area contributed by atoms with Crippen LogP contribution in [0.2, 0.25) is 0 Å². The van der Waals surface area contributed by atoms with Crippen LogP contribution < -0.4 is 5.73 Å². The third-order valence-electron chi connectivity index (χ3n) is 1.37. The minimum Gasteiger partial charge on any atom is -0.330 e. The molecule has 0 spiro atoms. The molecule has 68 valence electrons. The molecule has 1 heterocycles. The molecule has 0 saturated heterocycles. The Kier molecular flexibility index (Phi) is 2.74. The molecule has 0 aliphatic heterocycles. The Morgan fingerprint density at radius 2 is 2.08 bits per heavy atom. The van der Waals surface area contributed by atoms with Crippen molar-refractivity contribution in [1.29, 1.82) is 0 Å². The van der Waals surface area contributed by atoms with E-state index in [-0.39, 0.29) is 0 Å². The predicted octanol–water partition coefficient (Wildman–Crippen LogP) is 2.27. The summed E-state index contributed by atoms with van der Waals surface area (Å²) >= 11 is 1.10. The van der Waals surface area contributed by atoms with Gasteiger partial charge in [0.2, 0.25) is 0 Å². The second-order valence-electron chi connectivity index (χ2n) is 2.34. The summed E-state index contributed by atoms with van der Waals surface area (Å²) in [6.07, 6.45) is -3.70. The van der Waals surface area contributed by atoms with Crippen LogP contribution in [0.25, 0.3) is 0 Å². The van der Waals surface area contributed by atoms with E-state index in [2.05, 4.69) is 0 Å². The molecule has 0 amide bonds. The molecule has 0 radical (unpaired) electrons. The Bertz CT molecular complexity index is 253. The number of hydrogen-bond donors (Lipinski definition) is 1. The SMILES string of the molecule is NCCc1cc(C(F)(F)F)cs1. The van der Waals surface area contributed by atoms with Gasteiger partial charge in [-0.1, -0.05) is 0 Å². The molecule has 12 heavy (non-hydrogen) atoms. The van der Waals surface area contributed by atoms with Crippen LogP contribution >= 0.6 is 11.3 Å². The number of rotatable bonds is 2. The first kappa shape index (κ1) is 9.54. The van der Waals surface area contributed by atoms with Gasteiger partial charge in [0.1, 0.15) is 0 Å². The molecule has 0 aliphatic rings. The summed E-state index contributed by atoms with van der Waals surface area (Å²) in [5.74, 6) is 0. The Labute approximate surface area is 72.0 Å². The maximum atomic E-state index is 12.0. The average Bonchev–Trinajstić information content (AvgIpc) is 2.35. The van der Waals surface area contributed by atoms with Gasteiger partial charge in [0.15, 0.2) is 0 Å². The second kappa shape index (κ2) is 3.45. The zero-order valence-corrected chi connectivity index (χ0v) is 7.00. The quantitative estimate of drug-likeness (QED) is 0.769. The molecule has 0 saturated carbocycles. The van der Waals surface area contributed by atoms with Gasteiger partial charge in [0.05, 0.1) is 5.56 Å². The third-order valence-corrected chi connectivity index (χ3v) is 2.37. The Morgan fingerprint density at radius 3 is 2.50 bits per heavy atom. The van der Waals surface area contributed by atoms with Crippen molar-refractivity contribution in [2.24, 2.45) is 5.73 Å². The predicted molar refractivity (Wildman–Crippen MR) is 42.1 cm³/mol. The van der Waals surface area contributed by atoms with E-state index in [1.54, 1.807) is 0 Å². The topological polar surface area (TPSA) is 26.0 Å². The van der Waals surface area contributed by atoms with E-state index in [4.69, 9.17) is 5.73 Å². The number of hydrogen-bond acceptors (Lipinski definition) is 2. The fourth-order valence-corrected chi connectivity index (χ4v) is 1.71. The maximum absolute atomic E-state index is 12.0. The monoisotopic (exact) mass is 195 g/mol. The molecule has 0 atom stereocenters. The molecule has 1 nitrogen and oxygen atoms in total. The minimum absolute atomic E-state index is 0.387. The van der Waals surface area contributed by atoms with Gasteiger partial charge in [-0.25, -0.2) is 0 Å². The van der Waals surface area contributed by atoms with Gasteiger partial charge < -0.3 is 5.73 Å². The number of alkyl halides is 3. The minimum atomic E-state index is -4.22. The highest BCUT2D eigenvalue weighted by atomic mass is 32.1. The van der Waals surface area contributed by atoms with Gasteiger partial charge in [0, 0.05) is 10.3 Å². The summed E-state index contributed by atoms with van der Waals surface area (Å²) in [4.78, 5) is 0.685. The average molecular weight is 195 g/mol. The molecule has 1 aromatic rings. The Morgan fingerprint density at radius 1 is 1.42 bits per heavy atom. The summed E-state index contributed by atoms with van der Waals surface area (Å²) < 4.78 is 36.1. The molecule has 0 fully saturated rings. The Hall–Kier alpha value is -0.550. The largest absolute Gasteiger partial charge is 0.417 e. The molecule has 0 aromatic carbocycles. The van der Waals surface area contributed by atoms with E-state index in [9.17, 15) is 13.2 Å². The third kappa shape index (κ3) is 2.22. The van der Waals surface area contributed by atoms with Gasteiger partial charge in [-0.15, -0.1) is 11.3 Å². The summed E-state index contributed by atoms with van der Waals surface area (Å²) in [5.41, 5.74) is 4.63. The Balaban J connectivity index is 2.77. The van der Waals surface area contributed by atoms with Crippen LogP contribution in [0, 0.1) is 0 Å². The summed E-state index contributed by atoms with van der Waals surface area (Å²) in [7, 11) is 0. The van der Waals surface area contributed by atoms with Crippen LogP contribution in [0.5, 0.6) is 0 Å². The first-order valence-corrected chi connectivity index (χ1v) is 4.26. The van der Waals surface area contributed by atoms with Gasteiger partial charge >= 0.3 is 6.18 Å². The van der Waals surface area contributed by atoms with E-state index in [1.807, 2.05) is 0 Å². The van der Waals surface area contributed by atoms with Gasteiger partial charge in [0.25, 0.3) is 0 Å². The van der Waals surface area contributed by atoms with Crippen molar-refractivity contribution in [3.05, 3.63) is 21.9 Å². The van der Waals surface area contributed by atoms with Gasteiger partial charge in [-0.3, -0.25) is 0 Å². The number of halogens is 3. The standard InChI is InChI=1S/C7H8F3NS/c8-7(9,10)5-3-6(1-2-11)12-4-5/h3-4H,1-2,11H2. The van der Waals surface area contributed by atoms with E-state index >= 15 is 0 Å². The molecule has 0 unspecified atom stereocenters. The number of thiophene rings is 1. The smallest absolute Gasteiger partial charge is 0.330 e. The highest BCUT2D eigenvalue weighted by Crippen LogP contribution is 2.32. The fourth-order valence-electron chi connectivity index (χ4n) is 0.803. The fraction of sp³-hybridized carbons (Fsp3) is 0.429. The van der Waals surface area contributed by atoms with Crippen LogP contribution in [-0.2, 0) is 12.6 Å². The highest BCUT2D eigenvalue weighted by Gasteiger charge is 2.31. The number of nitrogens with two attached hydrogens (primary N) is 1. The van der Waals surface area contributed by atoms with Crippen LogP contribution in [0.4, 0.5) is 13.2 Å². The van der Waals surface area contributed by atoms with Crippen molar-refractivity contribution in [3.63, 3.8) is 0 Å². The van der Waals surface area contributed by atoms with Crippen molar-refractivity contribution in [2.45, 2.75) is 12.6 Å². The van der Waals surface area contributed by atoms with E-state index in [0.717, 1.165) is 22.8 Å². The second-order valence-corrected chi connectivity index (χ2v) is 3.33. The van der Waals surface area contributed by atoms with Crippen molar-refractivity contribution < 1.29 is 13.2 Å². The van der Waals surface area contributed by atoms with Crippen LogP contribution in [0.3, 0.4) is 0 Å². The molecular formula is C7H8F3NS. The molecule has 5 heteroatoms. The normalized spacial score (nSPS) is 12.0. The maximum Gasteiger partial charge on any atom is 0.417 e. The molecule has 0 aliphatic carbocycles. The summed E-state index contributed by atoms with van der Waals surface area (Å²) in [5, 5.41) is 1.12. The lowest BCUT2D eigenvalue weighted by molar-refractivity contribution is -0.137. The van der Waals surface area contributed by atoms with Gasteiger partial charge in [-0.2, -0.15) is 13.2 Å². The first-order valence-electron chi connectivity index (χ1n) is 3.38. The molecule has 1 aromatic heterocycles. The van der Waals surface area contributed by atoms with Crippen molar-refractivity contribution in [3.8, 4) is 0 Å². The lowest BCUT2D eigenvalue weighted by atomic mass is 10.2. The van der Waals surface area contributed by atoms with E-state index < -0.39 is 11.7 Å². The van der Waals surface area contributed by atoms with E-state index in [0.29, 0.717) is 17.8 Å². The highest BCUT2D eigenvalue weighted by molar-refractivity contribution is 7.10. The first-order chi connectivity index (χ1) is 5.54. The zero-order chi connectivity index (χ0) is 9.19. The molecule has 1 rings (SSSR count). The van der Waals surface area contributed by atoms with Crippen LogP contribution in [0.1, 0.15) is 10.4 Å². The van der Waals surface area contributed by atoms with Crippen molar-refractivity contribution in [2.75, 3.05) is 6.54 Å². The van der Waals surface area contributed by atoms with Crippen LogP contribution in [-0.4, -0.2) is 6.54 Å². The van der Waals surface area contributed by atoms with E-state index in [1.165, 1.54) is 0 Å². The summed E-state index contributed by atoms with van der Waals surface area (Å²) in [6, 6.07) is 1.15. The zero-order valence-electron chi connectivity index (χ0n) is 6.19. The summed E-state index contributed by atoms with van der Waals surface area (Å²) in [6.45, 7) is 0.387. The molecule has 0 bridgehead atoms.